The summed E-state index contributed by atoms with van der Waals surface area (Å²) >= 11 is 3.38. The largest absolute Gasteiger partial charge is 0.351 e. The Balaban J connectivity index is 1.53. The number of hydrogen-bond acceptors (Lipinski definition) is 1. The quantitative estimate of drug-likeness (QED) is 0.695. The molecule has 22 heavy (non-hydrogen) atoms. The summed E-state index contributed by atoms with van der Waals surface area (Å²) in [5.74, 6) is -0.0365. The molecule has 0 fully saturated rings. The van der Waals surface area contributed by atoms with Gasteiger partial charge < -0.3 is 14.5 Å². The van der Waals surface area contributed by atoms with Gasteiger partial charge in [-0.05, 0) is 45.9 Å². The smallest absolute Gasteiger partial charge is 0.267 e. The third kappa shape index (κ3) is 3.09. The number of aromatic nitrogens is 2. The Hall–Kier alpha value is -2.01. The van der Waals surface area contributed by atoms with E-state index >= 15 is 0 Å². The molecule has 2 aromatic heterocycles. The fourth-order valence-corrected chi connectivity index (χ4v) is 3.15. The first-order chi connectivity index (χ1) is 10.6. The highest BCUT2D eigenvalue weighted by Crippen LogP contribution is 2.15. The van der Waals surface area contributed by atoms with Gasteiger partial charge in [0, 0.05) is 42.5 Å². The van der Waals surface area contributed by atoms with Crippen LogP contribution in [0.4, 0.5) is 0 Å². The van der Waals surface area contributed by atoms with Crippen molar-refractivity contribution in [2.75, 3.05) is 6.54 Å². The number of carbonyl (C=O) groups excluding carboxylic acids is 1. The molecule has 0 unspecified atom stereocenters. The Kier molecular flexibility index (Phi) is 4.34. The van der Waals surface area contributed by atoms with Crippen LogP contribution in [0.5, 0.6) is 0 Å². The summed E-state index contributed by atoms with van der Waals surface area (Å²) in [6.07, 6.45) is 4.87. The van der Waals surface area contributed by atoms with Gasteiger partial charge in [0.2, 0.25) is 0 Å². The Labute approximate surface area is 137 Å². The summed E-state index contributed by atoms with van der Waals surface area (Å²) in [7, 11) is 1.87. The highest BCUT2D eigenvalue weighted by molar-refractivity contribution is 9.10. The molecule has 4 nitrogen and oxygen atoms in total. The first-order valence-electron chi connectivity index (χ1n) is 7.29. The minimum atomic E-state index is -0.0365. The number of halogens is 1. The van der Waals surface area contributed by atoms with Crippen molar-refractivity contribution in [2.24, 2.45) is 7.05 Å². The molecule has 2 heterocycles. The Morgan fingerprint density at radius 3 is 2.86 bits per heavy atom. The van der Waals surface area contributed by atoms with Crippen molar-refractivity contribution in [3.8, 4) is 0 Å². The fourth-order valence-electron chi connectivity index (χ4n) is 2.63. The van der Waals surface area contributed by atoms with Crippen LogP contribution in [0.1, 0.15) is 16.9 Å². The first kappa shape index (κ1) is 14.9. The van der Waals surface area contributed by atoms with Gasteiger partial charge in [0.1, 0.15) is 5.69 Å². The molecule has 0 bridgehead atoms. The van der Waals surface area contributed by atoms with Crippen LogP contribution in [0.3, 0.4) is 0 Å². The van der Waals surface area contributed by atoms with Crippen LogP contribution in [0.15, 0.2) is 53.3 Å². The Morgan fingerprint density at radius 1 is 1.27 bits per heavy atom. The minimum absolute atomic E-state index is 0.0365. The number of nitrogens with one attached hydrogen (secondary N) is 1. The van der Waals surface area contributed by atoms with E-state index in [0.717, 1.165) is 17.4 Å². The number of carbonyl (C=O) groups is 1. The van der Waals surface area contributed by atoms with E-state index in [0.29, 0.717) is 12.2 Å². The molecule has 3 aromatic rings. The van der Waals surface area contributed by atoms with E-state index in [1.165, 1.54) is 10.9 Å². The molecular weight excluding hydrogens is 342 g/mol. The SMILES string of the molecule is Cn1cc(Br)cc1C(=O)NCCCn1ccc2ccccc21. The van der Waals surface area contributed by atoms with Gasteiger partial charge in [0.05, 0.1) is 0 Å². The zero-order valence-corrected chi connectivity index (χ0v) is 14.0. The van der Waals surface area contributed by atoms with E-state index in [1.54, 1.807) is 0 Å². The van der Waals surface area contributed by atoms with Crippen molar-refractivity contribution in [2.45, 2.75) is 13.0 Å². The first-order valence-corrected chi connectivity index (χ1v) is 8.08. The van der Waals surface area contributed by atoms with Crippen LogP contribution in [0.2, 0.25) is 0 Å². The van der Waals surface area contributed by atoms with Crippen molar-refractivity contribution >= 4 is 32.7 Å². The van der Waals surface area contributed by atoms with Gasteiger partial charge >= 0.3 is 0 Å². The highest BCUT2D eigenvalue weighted by Gasteiger charge is 2.10. The maximum atomic E-state index is 12.1. The van der Waals surface area contributed by atoms with Gasteiger partial charge in [0.25, 0.3) is 5.91 Å². The summed E-state index contributed by atoms with van der Waals surface area (Å²) in [6.45, 7) is 1.55. The van der Waals surface area contributed by atoms with Crippen LogP contribution in [0.25, 0.3) is 10.9 Å². The van der Waals surface area contributed by atoms with Crippen molar-refractivity contribution < 1.29 is 4.79 Å². The maximum absolute atomic E-state index is 12.1. The van der Waals surface area contributed by atoms with E-state index in [2.05, 4.69) is 50.2 Å². The maximum Gasteiger partial charge on any atom is 0.267 e. The zero-order chi connectivity index (χ0) is 15.5. The van der Waals surface area contributed by atoms with Crippen molar-refractivity contribution in [1.29, 1.82) is 0 Å². The third-order valence-electron chi connectivity index (χ3n) is 3.75. The monoisotopic (exact) mass is 359 g/mol. The van der Waals surface area contributed by atoms with Crippen LogP contribution < -0.4 is 5.32 Å². The van der Waals surface area contributed by atoms with Crippen LogP contribution >= 0.6 is 15.9 Å². The van der Waals surface area contributed by atoms with Gasteiger partial charge in [-0.15, -0.1) is 0 Å². The summed E-state index contributed by atoms with van der Waals surface area (Å²) in [5.41, 5.74) is 1.90. The van der Waals surface area contributed by atoms with Crippen molar-refractivity contribution in [3.05, 3.63) is 59.0 Å². The molecule has 1 aromatic carbocycles. The number of hydrogen-bond donors (Lipinski definition) is 1. The molecule has 0 saturated heterocycles. The second kappa shape index (κ2) is 6.40. The summed E-state index contributed by atoms with van der Waals surface area (Å²) in [5, 5.41) is 4.22. The number of rotatable bonds is 5. The average molecular weight is 360 g/mol. The lowest BCUT2D eigenvalue weighted by Gasteiger charge is -2.08. The normalized spacial score (nSPS) is 11.0. The molecule has 0 radical (unpaired) electrons. The highest BCUT2D eigenvalue weighted by atomic mass is 79.9. The molecule has 5 heteroatoms. The van der Waals surface area contributed by atoms with Gasteiger partial charge in [-0.25, -0.2) is 0 Å². The molecular formula is C17H18BrN3O. The van der Waals surface area contributed by atoms with Gasteiger partial charge in [-0.2, -0.15) is 0 Å². The predicted octanol–water partition coefficient (Wildman–Crippen LogP) is 3.56. The number of amides is 1. The molecule has 0 spiro atoms. The molecule has 0 saturated carbocycles. The second-order valence-electron chi connectivity index (χ2n) is 5.33. The lowest BCUT2D eigenvalue weighted by molar-refractivity contribution is 0.0944. The molecule has 0 aliphatic rings. The average Bonchev–Trinajstić information content (AvgIpc) is 3.07. The van der Waals surface area contributed by atoms with Crippen LogP contribution in [0, 0.1) is 0 Å². The number of benzene rings is 1. The fraction of sp³-hybridized carbons (Fsp3) is 0.235. The molecule has 114 valence electrons. The third-order valence-corrected chi connectivity index (χ3v) is 4.18. The van der Waals surface area contributed by atoms with E-state index in [1.807, 2.05) is 36.0 Å². The second-order valence-corrected chi connectivity index (χ2v) is 6.25. The van der Waals surface area contributed by atoms with Gasteiger partial charge in [-0.3, -0.25) is 4.79 Å². The van der Waals surface area contributed by atoms with E-state index in [-0.39, 0.29) is 5.91 Å². The van der Waals surface area contributed by atoms with Crippen molar-refractivity contribution in [1.82, 2.24) is 14.5 Å². The standard InChI is InChI=1S/C17H18BrN3O/c1-20-12-14(18)11-16(20)17(22)19-8-4-9-21-10-7-13-5-2-3-6-15(13)21/h2-3,5-7,10-12H,4,8-9H2,1H3,(H,19,22). The molecule has 3 rings (SSSR count). The lowest BCUT2D eigenvalue weighted by Crippen LogP contribution is -2.26. The van der Waals surface area contributed by atoms with Crippen LogP contribution in [-0.4, -0.2) is 21.6 Å². The number of fused-ring (bicyclic) bond motifs is 1. The van der Waals surface area contributed by atoms with Gasteiger partial charge in [-0.1, -0.05) is 18.2 Å². The Morgan fingerprint density at radius 2 is 2.09 bits per heavy atom. The Bertz CT molecular complexity index is 803. The van der Waals surface area contributed by atoms with Gasteiger partial charge in [0.15, 0.2) is 0 Å². The zero-order valence-electron chi connectivity index (χ0n) is 12.4. The van der Waals surface area contributed by atoms with Crippen LogP contribution in [-0.2, 0) is 13.6 Å². The van der Waals surface area contributed by atoms with E-state index in [9.17, 15) is 4.79 Å². The van der Waals surface area contributed by atoms with E-state index in [4.69, 9.17) is 0 Å². The summed E-state index contributed by atoms with van der Waals surface area (Å²) < 4.78 is 4.96. The number of aryl methyl sites for hydroxylation is 2. The molecule has 0 aliphatic carbocycles. The topological polar surface area (TPSA) is 39.0 Å². The minimum Gasteiger partial charge on any atom is -0.351 e. The summed E-state index contributed by atoms with van der Waals surface area (Å²) in [4.78, 5) is 12.1. The number of para-hydroxylation sites is 1. The predicted molar refractivity (Wildman–Crippen MR) is 92.0 cm³/mol. The number of nitrogens with zero attached hydrogens (tertiary/aromatic N) is 2. The summed E-state index contributed by atoms with van der Waals surface area (Å²) in [6, 6.07) is 12.3. The van der Waals surface area contributed by atoms with E-state index < -0.39 is 0 Å². The molecule has 0 aliphatic heterocycles. The lowest BCUT2D eigenvalue weighted by atomic mass is 10.2. The molecule has 1 amide bonds. The molecule has 0 atom stereocenters. The molecule has 1 N–H and O–H groups in total. The van der Waals surface area contributed by atoms with Crippen molar-refractivity contribution in [3.63, 3.8) is 0 Å².